The molecule has 17 aromatic rings. The third-order valence-electron chi connectivity index (χ3n) is 15.7. The van der Waals surface area contributed by atoms with E-state index >= 15 is 0 Å². The van der Waals surface area contributed by atoms with Gasteiger partial charge in [-0.25, -0.2) is 4.85 Å². The van der Waals surface area contributed by atoms with E-state index < -0.39 is 66.8 Å². The number of thiophene rings is 1. The highest BCUT2D eigenvalue weighted by Gasteiger charge is 2.36. The van der Waals surface area contributed by atoms with E-state index in [9.17, 15) is 21.4 Å². The van der Waals surface area contributed by atoms with Crippen molar-refractivity contribution in [2.45, 2.75) is 13.8 Å². The second-order valence-electron chi connectivity index (χ2n) is 19.7. The lowest BCUT2D eigenvalue weighted by molar-refractivity contribution is 0.671. The first-order valence-corrected chi connectivity index (χ1v) is 26.0. The van der Waals surface area contributed by atoms with Crippen molar-refractivity contribution >= 4 is 146 Å². The Morgan fingerprint density at radius 1 is 0.500 bits per heavy atom. The number of benzene rings is 11. The maximum Gasteiger partial charge on any atom is 0.237 e. The average Bonchev–Trinajstić information content (AvgIpc) is 1.49. The molecule has 78 heavy (non-hydrogen) atoms. The summed E-state index contributed by atoms with van der Waals surface area (Å²) in [7, 11) is 0. The molecule has 6 heterocycles. The molecule has 0 saturated carbocycles. The number of para-hydroxylation sites is 5. The van der Waals surface area contributed by atoms with Crippen molar-refractivity contribution in [1.82, 2.24) is 18.3 Å². The number of furan rings is 1. The lowest BCUT2D eigenvalue weighted by Gasteiger charge is -2.27. The maximum absolute atomic E-state index is 12.9. The number of aryl methyl sites for hydroxylation is 1. The molecule has 0 spiro atoms. The lowest BCUT2D eigenvalue weighted by Crippen LogP contribution is -2.14. The summed E-state index contributed by atoms with van der Waals surface area (Å²) in [6.07, 6.45) is 0. The second-order valence-corrected chi connectivity index (χ2v) is 20.7. The van der Waals surface area contributed by atoms with Crippen LogP contribution in [0.25, 0.3) is 157 Å². The Hall–Kier alpha value is -10.4. The molecule has 0 N–H and O–H groups in total. The maximum atomic E-state index is 12.9. The first-order chi connectivity index (χ1) is 43.5. The number of hydrogen-bond donors (Lipinski definition) is 0. The largest absolute Gasteiger partial charge is 0.454 e. The van der Waals surface area contributed by atoms with Crippen LogP contribution in [-0.4, -0.2) is 18.3 Å². The van der Waals surface area contributed by atoms with Crippen molar-refractivity contribution in [2.24, 2.45) is 0 Å². The minimum Gasteiger partial charge on any atom is -0.454 e. The summed E-state index contributed by atoms with van der Waals surface area (Å²) in [5.74, 6) is 0. The highest BCUT2D eigenvalue weighted by atomic mass is 32.1. The van der Waals surface area contributed by atoms with Gasteiger partial charge in [0.1, 0.15) is 11.7 Å². The van der Waals surface area contributed by atoms with Gasteiger partial charge in [0.05, 0.1) is 96.1 Å². The van der Waals surface area contributed by atoms with Crippen LogP contribution < -0.4 is 0 Å². The molecule has 17 rings (SSSR count). The molecule has 0 aliphatic rings. The van der Waals surface area contributed by atoms with Crippen LogP contribution in [-0.2, 0) is 0 Å². The third kappa shape index (κ3) is 5.48. The molecule has 0 radical (unpaired) electrons. The molecule has 8 heteroatoms. The van der Waals surface area contributed by atoms with Gasteiger partial charge in [0.15, 0.2) is 5.58 Å². The van der Waals surface area contributed by atoms with Gasteiger partial charge in [-0.05, 0) is 80.4 Å². The molecule has 0 aliphatic heterocycles. The van der Waals surface area contributed by atoms with Gasteiger partial charge in [-0.1, -0.05) is 151 Å². The van der Waals surface area contributed by atoms with E-state index in [1.165, 1.54) is 4.57 Å². The molecule has 0 saturated heterocycles. The number of fused-ring (bicyclic) bond motifs is 20. The van der Waals surface area contributed by atoms with Gasteiger partial charge in [-0.15, -0.1) is 11.3 Å². The first kappa shape index (κ1) is 32.8. The highest BCUT2D eigenvalue weighted by Crippen LogP contribution is 2.54. The molecule has 0 atom stereocenters. The Balaban J connectivity index is 1.26. The Labute approximate surface area is 465 Å². The highest BCUT2D eigenvalue weighted by molar-refractivity contribution is 7.26. The summed E-state index contributed by atoms with van der Waals surface area (Å²) >= 11 is 1.59. The van der Waals surface area contributed by atoms with Gasteiger partial charge in [-0.2, -0.15) is 5.26 Å². The minimum atomic E-state index is -3.17. The monoisotopic (exact) mass is 1020 g/mol. The first-order valence-electron chi connectivity index (χ1n) is 31.2. The summed E-state index contributed by atoms with van der Waals surface area (Å²) in [6.45, 7) is 8.84. The SMILES string of the molecule is [2H]c1c([2H])c([2H])c2c(oc3c2c([2H])c([2H])c2c4c([2H])c(C([2H])([2H])[2H])c([2H])c([2H])c4n(-c4c(-n5c6ccccc6c6ccccc65)c(C#N)c(-n5c6ccc(C)cc6c6ccc7c8ccccc8sc7c65)c([N+]#[C-])c4-n4c5ccccc5c5ccccc54)c32)c1[2H]. The fraction of sp³-hybridized carbons (Fsp3) is 0.0286. The molecular weight excluding hydrogens is 973 g/mol. The van der Waals surface area contributed by atoms with Crippen LogP contribution in [0, 0.1) is 31.7 Å². The summed E-state index contributed by atoms with van der Waals surface area (Å²) in [5, 5.41) is 18.6. The number of nitrogens with zero attached hydrogens (tertiary/aromatic N) is 6. The molecule has 0 unspecified atom stereocenters. The predicted molar refractivity (Wildman–Crippen MR) is 324 cm³/mol. The van der Waals surface area contributed by atoms with Crippen molar-refractivity contribution in [2.75, 3.05) is 0 Å². The van der Waals surface area contributed by atoms with Crippen molar-refractivity contribution in [3.05, 3.63) is 234 Å². The van der Waals surface area contributed by atoms with Crippen molar-refractivity contribution in [3.8, 4) is 28.8 Å². The zero-order valence-electron chi connectivity index (χ0n) is 52.9. The van der Waals surface area contributed by atoms with E-state index in [4.69, 9.17) is 11.3 Å². The standard InChI is InChI=1S/C70H40N6OS/c1-39-29-35-59-51(36-39)47-30-32-49-45-20-8-14-26-60(45)77-69(49)65(47)76(59)68-64(73-54-22-10-4-16-41(54)42-17-5-11-23-55(42)73)53(38-71)63(62(72-3)67(68)74-56-24-12-6-18-43(56)44-19-7-13-25-57(44)74)75-58-34-28-40(2)37-52(58)48-31-33-50-46-21-9-15-27-61(46)78-70(50)66(48)75/h4-37H,1-2H3/i1D3,8D,14D,20D,26D,29D,30D,32D,35D,36D. The summed E-state index contributed by atoms with van der Waals surface area (Å²) < 4.78 is 129. The lowest BCUT2D eigenvalue weighted by atomic mass is 10.0. The van der Waals surface area contributed by atoms with Crippen LogP contribution in [0.3, 0.4) is 0 Å². The van der Waals surface area contributed by atoms with E-state index in [0.717, 1.165) is 63.6 Å². The second kappa shape index (κ2) is 15.6. The summed E-state index contributed by atoms with van der Waals surface area (Å²) in [5.41, 5.74) is 2.90. The zero-order valence-corrected chi connectivity index (χ0v) is 41.8. The van der Waals surface area contributed by atoms with Crippen LogP contribution in [0.15, 0.2) is 210 Å². The quantitative estimate of drug-likeness (QED) is 0.165. The molecule has 362 valence electrons. The minimum absolute atomic E-state index is 0.0321. The van der Waals surface area contributed by atoms with E-state index in [0.29, 0.717) is 27.6 Å². The van der Waals surface area contributed by atoms with Crippen molar-refractivity contribution in [1.29, 1.82) is 5.26 Å². The van der Waals surface area contributed by atoms with E-state index in [-0.39, 0.29) is 77.7 Å². The Morgan fingerprint density at radius 2 is 1.10 bits per heavy atom. The summed E-state index contributed by atoms with van der Waals surface area (Å²) in [6, 6.07) is 45.8. The van der Waals surface area contributed by atoms with Crippen LogP contribution in [0.2, 0.25) is 0 Å². The number of hydrogen-bond acceptors (Lipinski definition) is 3. The van der Waals surface area contributed by atoms with Crippen LogP contribution in [0.1, 0.15) is 33.1 Å². The predicted octanol–water partition coefficient (Wildman–Crippen LogP) is 19.4. The molecule has 0 fully saturated rings. The van der Waals surface area contributed by atoms with E-state index in [2.05, 4.69) is 41.2 Å². The molecule has 7 nitrogen and oxygen atoms in total. The Kier molecular flexibility index (Phi) is 6.56. The Bertz CT molecular complexity index is 6060. The van der Waals surface area contributed by atoms with Gasteiger partial charge in [-0.3, -0.25) is 0 Å². The molecule has 0 aliphatic carbocycles. The van der Waals surface area contributed by atoms with Crippen LogP contribution in [0.4, 0.5) is 5.69 Å². The van der Waals surface area contributed by atoms with E-state index in [1.54, 1.807) is 11.3 Å². The molecule has 6 aromatic heterocycles. The number of aromatic nitrogens is 4. The Morgan fingerprint density at radius 3 is 1.78 bits per heavy atom. The van der Waals surface area contributed by atoms with Gasteiger partial charge >= 0.3 is 0 Å². The molecule has 11 aromatic carbocycles. The molecule has 0 amide bonds. The van der Waals surface area contributed by atoms with Gasteiger partial charge in [0.2, 0.25) is 5.69 Å². The molecular formula is C70H40N6OS. The van der Waals surface area contributed by atoms with Crippen LogP contribution in [0.5, 0.6) is 0 Å². The van der Waals surface area contributed by atoms with Gasteiger partial charge < -0.3 is 22.7 Å². The van der Waals surface area contributed by atoms with Crippen molar-refractivity contribution in [3.63, 3.8) is 0 Å². The van der Waals surface area contributed by atoms with Crippen LogP contribution >= 0.6 is 11.3 Å². The third-order valence-corrected chi connectivity index (χ3v) is 16.9. The van der Waals surface area contributed by atoms with Crippen molar-refractivity contribution < 1.29 is 20.9 Å². The smallest absolute Gasteiger partial charge is 0.237 e. The number of rotatable bonds is 4. The summed E-state index contributed by atoms with van der Waals surface area (Å²) in [4.78, 5) is 4.67. The zero-order chi connectivity index (χ0) is 62.0. The number of nitriles is 1. The van der Waals surface area contributed by atoms with E-state index in [1.807, 2.05) is 142 Å². The van der Waals surface area contributed by atoms with Gasteiger partial charge in [0.25, 0.3) is 0 Å². The normalized spacial score (nSPS) is 14.6. The molecule has 0 bridgehead atoms. The topological polar surface area (TPSA) is 61.0 Å². The average molecular weight is 1030 g/mol. The fourth-order valence-corrected chi connectivity index (χ4v) is 13.8. The van der Waals surface area contributed by atoms with Gasteiger partial charge in [0, 0.05) is 73.4 Å². The fourth-order valence-electron chi connectivity index (χ4n) is 12.6.